The highest BCUT2D eigenvalue weighted by molar-refractivity contribution is 6.21. The molecule has 1 aliphatic heterocycles. The van der Waals surface area contributed by atoms with Crippen molar-refractivity contribution in [2.75, 3.05) is 18.9 Å². The van der Waals surface area contributed by atoms with E-state index in [9.17, 15) is 14.4 Å². The van der Waals surface area contributed by atoms with Crippen molar-refractivity contribution in [2.24, 2.45) is 0 Å². The second-order valence-corrected chi connectivity index (χ2v) is 6.64. The van der Waals surface area contributed by atoms with Gasteiger partial charge in [0, 0.05) is 24.9 Å². The second-order valence-electron chi connectivity index (χ2n) is 6.64. The number of rotatable bonds is 6. The normalized spacial score (nSPS) is 12.3. The van der Waals surface area contributed by atoms with Crippen molar-refractivity contribution < 1.29 is 14.3 Å². The molecule has 1 aliphatic rings. The summed E-state index contributed by atoms with van der Waals surface area (Å²) in [7, 11) is 0. The number of amides is 2. The predicted molar refractivity (Wildman–Crippen MR) is 120 cm³/mol. The van der Waals surface area contributed by atoms with Crippen molar-refractivity contribution in [2.45, 2.75) is 20.3 Å². The highest BCUT2D eigenvalue weighted by Crippen LogP contribution is 2.25. The third-order valence-corrected chi connectivity index (χ3v) is 4.76. The molecule has 2 N–H and O–H groups in total. The van der Waals surface area contributed by atoms with Gasteiger partial charge in [-0.15, -0.1) is 0 Å². The standard InChI is InChI=1S/C22H19N3O4.C2H6/c23-18-10-9-15(24-11-4-3-8-20(24)26)14-19(18)29-13-5-12-25-21(27)16-6-1-2-7-17(16)22(25)28;1-2/h1-4,6-11,14H,5,12-13,23H2;1-2H3. The smallest absolute Gasteiger partial charge is 0.261 e. The Labute approximate surface area is 180 Å². The molecule has 31 heavy (non-hydrogen) atoms. The van der Waals surface area contributed by atoms with Gasteiger partial charge in [0.15, 0.2) is 0 Å². The quantitative estimate of drug-likeness (QED) is 0.375. The van der Waals surface area contributed by atoms with Crippen LogP contribution in [0.15, 0.2) is 71.7 Å². The van der Waals surface area contributed by atoms with Gasteiger partial charge in [-0.3, -0.25) is 23.9 Å². The number of carbonyl (C=O) groups is 2. The second kappa shape index (κ2) is 9.75. The Morgan fingerprint density at radius 2 is 1.52 bits per heavy atom. The van der Waals surface area contributed by atoms with Crippen LogP contribution in [-0.4, -0.2) is 34.4 Å². The van der Waals surface area contributed by atoms with Crippen LogP contribution in [0, 0.1) is 0 Å². The van der Waals surface area contributed by atoms with Gasteiger partial charge in [0.1, 0.15) is 5.75 Å². The van der Waals surface area contributed by atoms with Crippen molar-refractivity contribution in [3.05, 3.63) is 88.3 Å². The van der Waals surface area contributed by atoms with Crippen LogP contribution < -0.4 is 16.0 Å². The van der Waals surface area contributed by atoms with E-state index in [-0.39, 0.29) is 30.5 Å². The van der Waals surface area contributed by atoms with Crippen LogP contribution in [0.2, 0.25) is 0 Å². The fraction of sp³-hybridized carbons (Fsp3) is 0.208. The lowest BCUT2D eigenvalue weighted by Gasteiger charge is -2.15. The summed E-state index contributed by atoms with van der Waals surface area (Å²) in [6.45, 7) is 4.52. The van der Waals surface area contributed by atoms with Gasteiger partial charge in [-0.05, 0) is 36.8 Å². The number of pyridine rings is 1. The number of benzene rings is 2. The molecule has 2 aromatic carbocycles. The third kappa shape index (κ3) is 4.50. The van der Waals surface area contributed by atoms with Gasteiger partial charge in [-0.25, -0.2) is 0 Å². The van der Waals surface area contributed by atoms with Crippen LogP contribution in [0.3, 0.4) is 0 Å². The van der Waals surface area contributed by atoms with Gasteiger partial charge in [-0.1, -0.05) is 32.0 Å². The number of aromatic nitrogens is 1. The van der Waals surface area contributed by atoms with Gasteiger partial charge in [-0.2, -0.15) is 0 Å². The van der Waals surface area contributed by atoms with E-state index in [2.05, 4.69) is 0 Å². The van der Waals surface area contributed by atoms with E-state index >= 15 is 0 Å². The molecular weight excluding hydrogens is 394 g/mol. The molecule has 0 aliphatic carbocycles. The van der Waals surface area contributed by atoms with Gasteiger partial charge >= 0.3 is 0 Å². The maximum atomic E-state index is 12.4. The Morgan fingerprint density at radius 1 is 0.871 bits per heavy atom. The highest BCUT2D eigenvalue weighted by Gasteiger charge is 2.34. The monoisotopic (exact) mass is 419 g/mol. The van der Waals surface area contributed by atoms with Gasteiger partial charge in [0.05, 0.1) is 29.1 Å². The molecule has 7 heteroatoms. The van der Waals surface area contributed by atoms with E-state index in [4.69, 9.17) is 10.5 Å². The maximum absolute atomic E-state index is 12.4. The molecule has 0 spiro atoms. The molecule has 4 rings (SSSR count). The van der Waals surface area contributed by atoms with Crippen LogP contribution >= 0.6 is 0 Å². The summed E-state index contributed by atoms with van der Waals surface area (Å²) in [6, 6.07) is 16.8. The summed E-state index contributed by atoms with van der Waals surface area (Å²) in [5.41, 5.74) is 7.77. The molecule has 0 unspecified atom stereocenters. The summed E-state index contributed by atoms with van der Waals surface area (Å²) in [5.74, 6) is -0.119. The number of fused-ring (bicyclic) bond motifs is 1. The topological polar surface area (TPSA) is 94.6 Å². The number of nitrogen functional groups attached to an aromatic ring is 1. The van der Waals surface area contributed by atoms with E-state index in [1.165, 1.54) is 15.5 Å². The number of ether oxygens (including phenoxy) is 1. The maximum Gasteiger partial charge on any atom is 0.261 e. The minimum absolute atomic E-state index is 0.158. The zero-order valence-corrected chi connectivity index (χ0v) is 17.6. The molecule has 7 nitrogen and oxygen atoms in total. The largest absolute Gasteiger partial charge is 0.491 e. The average Bonchev–Trinajstić information content (AvgIpc) is 3.04. The first kappa shape index (κ1) is 21.8. The Morgan fingerprint density at radius 3 is 2.16 bits per heavy atom. The van der Waals surface area contributed by atoms with E-state index in [0.29, 0.717) is 34.7 Å². The first-order valence-corrected chi connectivity index (χ1v) is 10.2. The summed E-state index contributed by atoms with van der Waals surface area (Å²) >= 11 is 0. The molecule has 0 radical (unpaired) electrons. The zero-order valence-electron chi connectivity index (χ0n) is 17.6. The predicted octanol–water partition coefficient (Wildman–Crippen LogP) is 3.51. The molecule has 2 heterocycles. The number of imide groups is 1. The highest BCUT2D eigenvalue weighted by atomic mass is 16.5. The number of nitrogens with zero attached hydrogens (tertiary/aromatic N) is 2. The SMILES string of the molecule is CC.Nc1ccc(-n2ccccc2=O)cc1OCCCN1C(=O)c2ccccc2C1=O. The summed E-state index contributed by atoms with van der Waals surface area (Å²) in [5, 5.41) is 0. The number of hydrogen-bond acceptors (Lipinski definition) is 5. The van der Waals surface area contributed by atoms with Crippen molar-refractivity contribution in [3.63, 3.8) is 0 Å². The molecule has 0 bridgehead atoms. The molecule has 160 valence electrons. The summed E-state index contributed by atoms with van der Waals surface area (Å²) in [6.07, 6.45) is 2.13. The van der Waals surface area contributed by atoms with Crippen LogP contribution in [-0.2, 0) is 0 Å². The Balaban J connectivity index is 0.00000132. The van der Waals surface area contributed by atoms with Gasteiger partial charge < -0.3 is 10.5 Å². The molecule has 2 amide bonds. The minimum Gasteiger partial charge on any atom is -0.491 e. The van der Waals surface area contributed by atoms with Crippen LogP contribution in [0.25, 0.3) is 5.69 Å². The lowest BCUT2D eigenvalue weighted by Crippen LogP contribution is -2.31. The average molecular weight is 419 g/mol. The lowest BCUT2D eigenvalue weighted by atomic mass is 10.1. The fourth-order valence-corrected chi connectivity index (χ4v) is 3.29. The van der Waals surface area contributed by atoms with Crippen LogP contribution in [0.4, 0.5) is 5.69 Å². The van der Waals surface area contributed by atoms with Crippen LogP contribution in [0.1, 0.15) is 41.0 Å². The molecule has 0 saturated heterocycles. The number of carbonyl (C=O) groups excluding carboxylic acids is 2. The summed E-state index contributed by atoms with van der Waals surface area (Å²) in [4.78, 5) is 38.0. The molecule has 1 aromatic heterocycles. The van der Waals surface area contributed by atoms with Crippen molar-refractivity contribution in [1.29, 1.82) is 0 Å². The van der Waals surface area contributed by atoms with E-state index in [0.717, 1.165) is 0 Å². The number of nitrogens with two attached hydrogens (primary N) is 1. The fourth-order valence-electron chi connectivity index (χ4n) is 3.29. The Kier molecular flexibility index (Phi) is 6.87. The minimum atomic E-state index is -0.282. The van der Waals surface area contributed by atoms with Crippen LogP contribution in [0.5, 0.6) is 5.75 Å². The van der Waals surface area contributed by atoms with Gasteiger partial charge in [0.25, 0.3) is 17.4 Å². The third-order valence-electron chi connectivity index (χ3n) is 4.76. The molecule has 0 atom stereocenters. The Hall–Kier alpha value is -3.87. The molecule has 0 fully saturated rings. The molecular formula is C24H25N3O4. The first-order valence-electron chi connectivity index (χ1n) is 10.2. The number of anilines is 1. The molecule has 0 saturated carbocycles. The van der Waals surface area contributed by atoms with Gasteiger partial charge in [0.2, 0.25) is 0 Å². The van der Waals surface area contributed by atoms with E-state index in [1.807, 2.05) is 13.8 Å². The first-order chi connectivity index (χ1) is 15.1. The van der Waals surface area contributed by atoms with Crippen molar-refractivity contribution in [3.8, 4) is 11.4 Å². The lowest BCUT2D eigenvalue weighted by molar-refractivity contribution is 0.0647. The van der Waals surface area contributed by atoms with Crippen molar-refractivity contribution in [1.82, 2.24) is 9.47 Å². The Bertz CT molecular complexity index is 1120. The van der Waals surface area contributed by atoms with E-state index in [1.54, 1.807) is 60.8 Å². The molecule has 3 aromatic rings. The zero-order chi connectivity index (χ0) is 22.4. The van der Waals surface area contributed by atoms with Crippen molar-refractivity contribution >= 4 is 17.5 Å². The van der Waals surface area contributed by atoms with E-state index < -0.39 is 0 Å². The summed E-state index contributed by atoms with van der Waals surface area (Å²) < 4.78 is 7.25. The number of hydrogen-bond donors (Lipinski definition) is 1.